The van der Waals surface area contributed by atoms with Gasteiger partial charge in [0.2, 0.25) is 0 Å². The maximum absolute atomic E-state index is 9.92. The second-order valence-corrected chi connectivity index (χ2v) is 10.1. The van der Waals surface area contributed by atoms with Crippen LogP contribution >= 0.6 is 23.2 Å². The number of phenols is 1. The third-order valence-corrected chi connectivity index (χ3v) is 8.29. The third kappa shape index (κ3) is 4.54. The fourth-order valence-corrected chi connectivity index (χ4v) is 6.17. The number of rotatable bonds is 4. The number of piperazine rings is 1. The molecule has 0 amide bonds. The summed E-state index contributed by atoms with van der Waals surface area (Å²) in [6.45, 7) is 7.54. The van der Waals surface area contributed by atoms with Crippen LogP contribution in [0.5, 0.6) is 5.75 Å². The van der Waals surface area contributed by atoms with Crippen LogP contribution in [0.15, 0.2) is 36.4 Å². The molecule has 2 fully saturated rings. The number of halogens is 2. The lowest BCUT2D eigenvalue weighted by Gasteiger charge is -2.45. The zero-order valence-electron chi connectivity index (χ0n) is 17.9. The van der Waals surface area contributed by atoms with Crippen LogP contribution < -0.4 is 4.90 Å². The van der Waals surface area contributed by atoms with Crippen LogP contribution in [0.4, 0.5) is 5.69 Å². The Balaban J connectivity index is 1.17. The molecule has 2 heterocycles. The molecule has 31 heavy (non-hydrogen) atoms. The number of piperidine rings is 1. The van der Waals surface area contributed by atoms with Gasteiger partial charge in [0.15, 0.2) is 0 Å². The van der Waals surface area contributed by atoms with E-state index in [-0.39, 0.29) is 0 Å². The SMILES string of the molecule is Oc1ccc2c(c1)C[C@H]1[C@@H](CCCN1CCN1CCN(c3cccc(Cl)c3Cl)CC1)C2. The summed E-state index contributed by atoms with van der Waals surface area (Å²) in [7, 11) is 0. The van der Waals surface area contributed by atoms with E-state index in [2.05, 4.69) is 26.8 Å². The number of aromatic hydroxyl groups is 1. The Morgan fingerprint density at radius 3 is 2.58 bits per heavy atom. The average molecular weight is 460 g/mol. The largest absolute Gasteiger partial charge is 0.508 e. The fraction of sp³-hybridized carbons (Fsp3) is 0.520. The first-order valence-electron chi connectivity index (χ1n) is 11.5. The van der Waals surface area contributed by atoms with Crippen LogP contribution in [0, 0.1) is 5.92 Å². The monoisotopic (exact) mass is 459 g/mol. The van der Waals surface area contributed by atoms with E-state index in [0.29, 0.717) is 21.8 Å². The van der Waals surface area contributed by atoms with Gasteiger partial charge in [0.1, 0.15) is 5.75 Å². The van der Waals surface area contributed by atoms with Crippen LogP contribution in [0.25, 0.3) is 0 Å². The van der Waals surface area contributed by atoms with E-state index in [4.69, 9.17) is 23.2 Å². The summed E-state index contributed by atoms with van der Waals surface area (Å²) < 4.78 is 0. The number of likely N-dealkylation sites (tertiary alicyclic amines) is 1. The molecule has 0 spiro atoms. The Kier molecular flexibility index (Phi) is 6.34. The number of nitrogens with zero attached hydrogens (tertiary/aromatic N) is 3. The van der Waals surface area contributed by atoms with Crippen molar-refractivity contribution in [3.05, 3.63) is 57.6 Å². The van der Waals surface area contributed by atoms with E-state index in [9.17, 15) is 5.11 Å². The Morgan fingerprint density at radius 2 is 1.74 bits per heavy atom. The summed E-state index contributed by atoms with van der Waals surface area (Å²) in [5.41, 5.74) is 3.84. The molecule has 0 radical (unpaired) electrons. The van der Waals surface area contributed by atoms with Crippen LogP contribution in [0.2, 0.25) is 10.0 Å². The second-order valence-electron chi connectivity index (χ2n) is 9.27. The lowest BCUT2D eigenvalue weighted by molar-refractivity contribution is 0.0726. The summed E-state index contributed by atoms with van der Waals surface area (Å²) in [6.07, 6.45) is 4.88. The standard InChI is InChI=1S/C25H31Cl2N3O/c26-22-4-1-5-23(25(22)27)30-13-10-28(11-14-30)9-12-29-8-2-3-19-15-18-6-7-21(31)16-20(18)17-24(19)29/h1,4-7,16,19,24,31H,2-3,8-15,17H2/t19-,24-/m0/s1. The maximum Gasteiger partial charge on any atom is 0.115 e. The lowest BCUT2D eigenvalue weighted by atomic mass is 9.75. The Hall–Kier alpha value is -1.46. The van der Waals surface area contributed by atoms with Gasteiger partial charge >= 0.3 is 0 Å². The van der Waals surface area contributed by atoms with Gasteiger partial charge in [-0.3, -0.25) is 9.80 Å². The average Bonchev–Trinajstić information content (AvgIpc) is 2.78. The zero-order chi connectivity index (χ0) is 21.4. The Labute approximate surface area is 195 Å². The van der Waals surface area contributed by atoms with Crippen molar-refractivity contribution in [1.29, 1.82) is 0 Å². The molecular weight excluding hydrogens is 429 g/mol. The molecule has 5 rings (SSSR count). The Morgan fingerprint density at radius 1 is 0.903 bits per heavy atom. The third-order valence-electron chi connectivity index (χ3n) is 7.48. The molecule has 0 bridgehead atoms. The quantitative estimate of drug-likeness (QED) is 0.717. The highest BCUT2D eigenvalue weighted by atomic mass is 35.5. The van der Waals surface area contributed by atoms with Crippen LogP contribution in [-0.4, -0.2) is 66.8 Å². The van der Waals surface area contributed by atoms with Crippen LogP contribution in [-0.2, 0) is 12.8 Å². The van der Waals surface area contributed by atoms with E-state index in [0.717, 1.165) is 63.7 Å². The topological polar surface area (TPSA) is 30.0 Å². The van der Waals surface area contributed by atoms with Gasteiger partial charge in [-0.15, -0.1) is 0 Å². The van der Waals surface area contributed by atoms with Crippen molar-refractivity contribution in [2.45, 2.75) is 31.7 Å². The number of benzene rings is 2. The van der Waals surface area contributed by atoms with Crippen LogP contribution in [0.3, 0.4) is 0 Å². The minimum Gasteiger partial charge on any atom is -0.508 e. The molecule has 0 aromatic heterocycles. The van der Waals surface area contributed by atoms with Gasteiger partial charge in [-0.05, 0) is 73.5 Å². The van der Waals surface area contributed by atoms with Crippen molar-refractivity contribution in [3.63, 3.8) is 0 Å². The van der Waals surface area contributed by atoms with E-state index in [1.54, 1.807) is 0 Å². The van der Waals surface area contributed by atoms with E-state index < -0.39 is 0 Å². The molecule has 4 nitrogen and oxygen atoms in total. The van der Waals surface area contributed by atoms with Crippen molar-refractivity contribution in [1.82, 2.24) is 9.80 Å². The minimum atomic E-state index is 0.400. The summed E-state index contributed by atoms with van der Waals surface area (Å²) in [5, 5.41) is 11.2. The van der Waals surface area contributed by atoms with Gasteiger partial charge < -0.3 is 10.0 Å². The van der Waals surface area contributed by atoms with Crippen molar-refractivity contribution in [2.75, 3.05) is 50.7 Å². The maximum atomic E-state index is 9.92. The molecule has 2 aromatic carbocycles. The van der Waals surface area contributed by atoms with Gasteiger partial charge in [-0.2, -0.15) is 0 Å². The summed E-state index contributed by atoms with van der Waals surface area (Å²) in [4.78, 5) is 7.66. The van der Waals surface area contributed by atoms with Gasteiger partial charge in [0.25, 0.3) is 0 Å². The molecular formula is C25H31Cl2N3O. The molecule has 2 saturated heterocycles. The number of fused-ring (bicyclic) bond motifs is 2. The second kappa shape index (κ2) is 9.19. The first-order chi connectivity index (χ1) is 15.1. The molecule has 166 valence electrons. The predicted molar refractivity (Wildman–Crippen MR) is 129 cm³/mol. The lowest BCUT2D eigenvalue weighted by Crippen LogP contribution is -2.53. The van der Waals surface area contributed by atoms with Gasteiger partial charge in [0.05, 0.1) is 15.7 Å². The number of hydrogen-bond acceptors (Lipinski definition) is 4. The molecule has 1 N–H and O–H groups in total. The molecule has 1 aliphatic carbocycles. The molecule has 2 aliphatic heterocycles. The molecule has 2 aromatic rings. The van der Waals surface area contributed by atoms with E-state index in [1.165, 1.54) is 30.5 Å². The predicted octanol–water partition coefficient (Wildman–Crippen LogP) is 4.70. The molecule has 3 aliphatic rings. The highest BCUT2D eigenvalue weighted by Gasteiger charge is 2.35. The van der Waals surface area contributed by atoms with E-state index >= 15 is 0 Å². The highest BCUT2D eigenvalue weighted by Crippen LogP contribution is 2.36. The summed E-state index contributed by atoms with van der Waals surface area (Å²) >= 11 is 12.6. The molecule has 0 saturated carbocycles. The Bertz CT molecular complexity index is 929. The van der Waals surface area contributed by atoms with E-state index in [1.807, 2.05) is 24.3 Å². The molecule has 0 unspecified atom stereocenters. The van der Waals surface area contributed by atoms with Gasteiger partial charge in [-0.25, -0.2) is 0 Å². The van der Waals surface area contributed by atoms with Gasteiger partial charge in [-0.1, -0.05) is 35.3 Å². The summed E-state index contributed by atoms with van der Waals surface area (Å²) in [5.74, 6) is 1.16. The smallest absolute Gasteiger partial charge is 0.115 e. The van der Waals surface area contributed by atoms with Crippen molar-refractivity contribution in [3.8, 4) is 5.75 Å². The van der Waals surface area contributed by atoms with Gasteiger partial charge in [0, 0.05) is 45.3 Å². The number of hydrogen-bond donors (Lipinski definition) is 1. The zero-order valence-corrected chi connectivity index (χ0v) is 19.5. The minimum absolute atomic E-state index is 0.400. The highest BCUT2D eigenvalue weighted by molar-refractivity contribution is 6.43. The molecule has 6 heteroatoms. The van der Waals surface area contributed by atoms with Crippen molar-refractivity contribution >= 4 is 28.9 Å². The van der Waals surface area contributed by atoms with Crippen molar-refractivity contribution in [2.24, 2.45) is 5.92 Å². The number of anilines is 1. The molecule has 2 atom stereocenters. The first kappa shape index (κ1) is 21.4. The number of phenolic OH excluding ortho intramolecular Hbond substituents is 1. The summed E-state index contributed by atoms with van der Waals surface area (Å²) in [6, 6.07) is 12.5. The van der Waals surface area contributed by atoms with Crippen molar-refractivity contribution < 1.29 is 5.11 Å². The van der Waals surface area contributed by atoms with Crippen LogP contribution in [0.1, 0.15) is 24.0 Å². The first-order valence-corrected chi connectivity index (χ1v) is 12.3. The normalized spacial score (nSPS) is 24.6. The fourth-order valence-electron chi connectivity index (χ4n) is 5.75.